The van der Waals surface area contributed by atoms with Gasteiger partial charge in [-0.15, -0.1) is 0 Å². The zero-order chi connectivity index (χ0) is 11.9. The van der Waals surface area contributed by atoms with Crippen molar-refractivity contribution < 1.29 is 0 Å². The highest BCUT2D eigenvalue weighted by Crippen LogP contribution is 2.16. The highest BCUT2D eigenvalue weighted by molar-refractivity contribution is 5.14. The van der Waals surface area contributed by atoms with E-state index in [1.165, 1.54) is 57.3 Å². The molecule has 0 aromatic heterocycles. The first-order valence-electron chi connectivity index (χ1n) is 7.11. The van der Waals surface area contributed by atoms with Gasteiger partial charge in [-0.3, -0.25) is 0 Å². The third-order valence-electron chi connectivity index (χ3n) is 3.91. The van der Waals surface area contributed by atoms with E-state index in [0.717, 1.165) is 5.92 Å². The minimum Gasteiger partial charge on any atom is -0.303 e. The van der Waals surface area contributed by atoms with Gasteiger partial charge in [0.2, 0.25) is 0 Å². The van der Waals surface area contributed by atoms with Crippen molar-refractivity contribution >= 4 is 0 Å². The molecule has 0 N–H and O–H groups in total. The highest BCUT2D eigenvalue weighted by Gasteiger charge is 2.14. The van der Waals surface area contributed by atoms with Crippen LogP contribution >= 0.6 is 0 Å². The van der Waals surface area contributed by atoms with Gasteiger partial charge in [-0.1, -0.05) is 37.3 Å². The summed E-state index contributed by atoms with van der Waals surface area (Å²) in [5.74, 6) is 0.954. The van der Waals surface area contributed by atoms with Crippen molar-refractivity contribution in [3.63, 3.8) is 0 Å². The van der Waals surface area contributed by atoms with Gasteiger partial charge in [-0.25, -0.2) is 0 Å². The Morgan fingerprint density at radius 1 is 1.06 bits per heavy atom. The fraction of sp³-hybridized carbons (Fsp3) is 0.625. The molecule has 17 heavy (non-hydrogen) atoms. The van der Waals surface area contributed by atoms with Crippen molar-refractivity contribution in [1.82, 2.24) is 4.90 Å². The van der Waals surface area contributed by atoms with Gasteiger partial charge >= 0.3 is 0 Å². The Balaban J connectivity index is 1.57. The van der Waals surface area contributed by atoms with Crippen LogP contribution in [0.15, 0.2) is 30.3 Å². The number of likely N-dealkylation sites (tertiary alicyclic amines) is 1. The number of unbranched alkanes of at least 4 members (excludes halogenated alkanes) is 1. The van der Waals surface area contributed by atoms with Crippen LogP contribution in [0, 0.1) is 5.92 Å². The molecule has 1 heterocycles. The number of aryl methyl sites for hydroxylation is 1. The molecule has 0 radical (unpaired) electrons. The van der Waals surface area contributed by atoms with Gasteiger partial charge in [0.15, 0.2) is 0 Å². The molecule has 0 saturated carbocycles. The Hall–Kier alpha value is -0.820. The lowest BCUT2D eigenvalue weighted by Crippen LogP contribution is -2.33. The van der Waals surface area contributed by atoms with Crippen LogP contribution in [0.1, 0.15) is 38.2 Å². The molecule has 1 heteroatoms. The summed E-state index contributed by atoms with van der Waals surface area (Å²) >= 11 is 0. The van der Waals surface area contributed by atoms with Crippen molar-refractivity contribution in [3.8, 4) is 0 Å². The summed E-state index contributed by atoms with van der Waals surface area (Å²) in [5, 5.41) is 0. The zero-order valence-electron chi connectivity index (χ0n) is 11.1. The second-order valence-corrected chi connectivity index (χ2v) is 5.47. The topological polar surface area (TPSA) is 3.24 Å². The summed E-state index contributed by atoms with van der Waals surface area (Å²) in [4.78, 5) is 2.64. The molecule has 0 atom stereocenters. The molecular formula is C16H25N. The minimum atomic E-state index is 0.954. The number of hydrogen-bond donors (Lipinski definition) is 0. The van der Waals surface area contributed by atoms with E-state index in [4.69, 9.17) is 0 Å². The number of rotatable bonds is 5. The number of benzene rings is 1. The van der Waals surface area contributed by atoms with Crippen molar-refractivity contribution in [2.45, 2.75) is 39.0 Å². The maximum Gasteiger partial charge on any atom is -0.00162 e. The average molecular weight is 231 g/mol. The fourth-order valence-electron chi connectivity index (χ4n) is 2.59. The van der Waals surface area contributed by atoms with E-state index in [2.05, 4.69) is 42.2 Å². The molecule has 1 saturated heterocycles. The zero-order valence-corrected chi connectivity index (χ0v) is 11.1. The monoisotopic (exact) mass is 231 g/mol. The molecule has 0 spiro atoms. The second-order valence-electron chi connectivity index (χ2n) is 5.47. The van der Waals surface area contributed by atoms with Crippen LogP contribution < -0.4 is 0 Å². The third kappa shape index (κ3) is 4.51. The van der Waals surface area contributed by atoms with E-state index in [0.29, 0.717) is 0 Å². The molecule has 0 aliphatic carbocycles. The molecule has 0 amide bonds. The van der Waals surface area contributed by atoms with E-state index in [9.17, 15) is 0 Å². The van der Waals surface area contributed by atoms with Gasteiger partial charge in [0.1, 0.15) is 0 Å². The molecule has 2 rings (SSSR count). The molecule has 94 valence electrons. The van der Waals surface area contributed by atoms with Crippen LogP contribution in [0.2, 0.25) is 0 Å². The van der Waals surface area contributed by atoms with Crippen LogP contribution in [0.5, 0.6) is 0 Å². The largest absolute Gasteiger partial charge is 0.303 e. The number of nitrogens with zero attached hydrogens (tertiary/aromatic N) is 1. The maximum absolute atomic E-state index is 2.64. The summed E-state index contributed by atoms with van der Waals surface area (Å²) in [6.45, 7) is 6.34. The van der Waals surface area contributed by atoms with Crippen molar-refractivity contribution in [2.24, 2.45) is 5.92 Å². The maximum atomic E-state index is 2.64. The van der Waals surface area contributed by atoms with Gasteiger partial charge in [0, 0.05) is 0 Å². The molecule has 0 unspecified atom stereocenters. The van der Waals surface area contributed by atoms with E-state index < -0.39 is 0 Å². The van der Waals surface area contributed by atoms with Gasteiger partial charge in [-0.05, 0) is 63.2 Å². The molecule has 1 aliphatic rings. The van der Waals surface area contributed by atoms with Crippen LogP contribution in [0.3, 0.4) is 0 Å². The van der Waals surface area contributed by atoms with Crippen molar-refractivity contribution in [3.05, 3.63) is 35.9 Å². The Morgan fingerprint density at radius 2 is 1.76 bits per heavy atom. The predicted octanol–water partition coefficient (Wildman–Crippen LogP) is 3.74. The van der Waals surface area contributed by atoms with E-state index in [1.807, 2.05) is 0 Å². The van der Waals surface area contributed by atoms with Crippen LogP contribution in [0.25, 0.3) is 0 Å². The Kier molecular flexibility index (Phi) is 5.06. The molecular weight excluding hydrogens is 206 g/mol. The molecule has 1 aromatic carbocycles. The third-order valence-corrected chi connectivity index (χ3v) is 3.91. The molecule has 1 aromatic rings. The van der Waals surface area contributed by atoms with E-state index in [1.54, 1.807) is 0 Å². The normalized spacial score (nSPS) is 18.4. The van der Waals surface area contributed by atoms with Gasteiger partial charge in [-0.2, -0.15) is 0 Å². The fourth-order valence-corrected chi connectivity index (χ4v) is 2.59. The van der Waals surface area contributed by atoms with E-state index >= 15 is 0 Å². The quantitative estimate of drug-likeness (QED) is 0.698. The van der Waals surface area contributed by atoms with Gasteiger partial charge in [0.05, 0.1) is 0 Å². The standard InChI is InChI=1S/C16H25N/c1-15-10-13-17(14-11-15)12-6-5-9-16-7-3-2-4-8-16/h2-4,7-8,15H,5-6,9-14H2,1H3. The molecule has 0 bridgehead atoms. The summed E-state index contributed by atoms with van der Waals surface area (Å²) in [7, 11) is 0. The van der Waals surface area contributed by atoms with Gasteiger partial charge in [0.25, 0.3) is 0 Å². The lowest BCUT2D eigenvalue weighted by atomic mass is 9.99. The van der Waals surface area contributed by atoms with E-state index in [-0.39, 0.29) is 0 Å². The lowest BCUT2D eigenvalue weighted by molar-refractivity contribution is 0.189. The van der Waals surface area contributed by atoms with Crippen molar-refractivity contribution in [1.29, 1.82) is 0 Å². The van der Waals surface area contributed by atoms with Crippen molar-refractivity contribution in [2.75, 3.05) is 19.6 Å². The second kappa shape index (κ2) is 6.80. The first kappa shape index (κ1) is 12.6. The molecule has 1 nitrogen and oxygen atoms in total. The highest BCUT2D eigenvalue weighted by atomic mass is 15.1. The summed E-state index contributed by atoms with van der Waals surface area (Å²) in [6, 6.07) is 10.9. The Labute approximate surface area is 106 Å². The first-order chi connectivity index (χ1) is 8.34. The first-order valence-corrected chi connectivity index (χ1v) is 7.11. The molecule has 1 fully saturated rings. The van der Waals surface area contributed by atoms with Crippen LogP contribution in [0.4, 0.5) is 0 Å². The molecule has 1 aliphatic heterocycles. The Bertz CT molecular complexity index is 299. The average Bonchev–Trinajstić information content (AvgIpc) is 2.38. The summed E-state index contributed by atoms with van der Waals surface area (Å²) < 4.78 is 0. The predicted molar refractivity (Wildman–Crippen MR) is 74.2 cm³/mol. The van der Waals surface area contributed by atoms with Gasteiger partial charge < -0.3 is 4.90 Å². The number of piperidine rings is 1. The Morgan fingerprint density at radius 3 is 2.47 bits per heavy atom. The number of hydrogen-bond acceptors (Lipinski definition) is 1. The SMILES string of the molecule is CC1CCN(CCCCc2ccccc2)CC1. The minimum absolute atomic E-state index is 0.954. The van der Waals surface area contributed by atoms with Crippen LogP contribution in [-0.2, 0) is 6.42 Å². The lowest BCUT2D eigenvalue weighted by Gasteiger charge is -2.30. The van der Waals surface area contributed by atoms with Crippen LogP contribution in [-0.4, -0.2) is 24.5 Å². The summed E-state index contributed by atoms with van der Waals surface area (Å²) in [6.07, 6.45) is 6.72. The smallest absolute Gasteiger partial charge is 0.00162 e. The summed E-state index contributed by atoms with van der Waals surface area (Å²) in [5.41, 5.74) is 1.49.